The van der Waals surface area contributed by atoms with E-state index in [-0.39, 0.29) is 12.1 Å². The highest BCUT2D eigenvalue weighted by molar-refractivity contribution is 5.16. The van der Waals surface area contributed by atoms with Gasteiger partial charge in [-0.2, -0.15) is 0 Å². The average molecular weight is 183 g/mol. The number of rotatable bonds is 1. The molecule has 0 amide bonds. The molecule has 76 valence electrons. The molecule has 13 heavy (non-hydrogen) atoms. The molecule has 2 N–H and O–H groups in total. The first-order valence-electron chi connectivity index (χ1n) is 5.23. The Morgan fingerprint density at radius 2 is 1.92 bits per heavy atom. The zero-order valence-corrected chi connectivity index (χ0v) is 9.13. The lowest BCUT2D eigenvalue weighted by atomic mass is 9.69. The molecule has 0 aromatic carbocycles. The fraction of sp³-hybridized carbons (Fsp3) is 1.00. The summed E-state index contributed by atoms with van der Waals surface area (Å²) in [5.74, 6) is 0.664. The average Bonchev–Trinajstić information content (AvgIpc) is 2.36. The number of hydrogen-bond donors (Lipinski definition) is 1. The molecule has 4 unspecified atom stereocenters. The van der Waals surface area contributed by atoms with Crippen LogP contribution in [0.1, 0.15) is 33.6 Å². The number of fused-ring (bicyclic) bond motifs is 2. The Morgan fingerprint density at radius 1 is 1.31 bits per heavy atom. The van der Waals surface area contributed by atoms with Crippen LogP contribution in [0.15, 0.2) is 0 Å². The maximum Gasteiger partial charge on any atom is 0.0761 e. The zero-order valence-electron chi connectivity index (χ0n) is 9.13. The van der Waals surface area contributed by atoms with Crippen molar-refractivity contribution in [3.63, 3.8) is 0 Å². The number of ether oxygens (including phenoxy) is 1. The second-order valence-corrected chi connectivity index (χ2v) is 5.51. The lowest BCUT2D eigenvalue weighted by molar-refractivity contribution is 0.0287. The van der Waals surface area contributed by atoms with Gasteiger partial charge in [-0.05, 0) is 29.6 Å². The van der Waals surface area contributed by atoms with Gasteiger partial charge >= 0.3 is 0 Å². The minimum absolute atomic E-state index is 0.228. The first-order valence-corrected chi connectivity index (χ1v) is 5.23. The van der Waals surface area contributed by atoms with Gasteiger partial charge in [0.25, 0.3) is 0 Å². The quantitative estimate of drug-likeness (QED) is 0.672. The maximum absolute atomic E-state index is 6.26. The minimum atomic E-state index is 0.228. The fourth-order valence-electron chi connectivity index (χ4n) is 3.66. The van der Waals surface area contributed by atoms with Gasteiger partial charge in [0.2, 0.25) is 0 Å². The van der Waals surface area contributed by atoms with Gasteiger partial charge in [-0.1, -0.05) is 20.8 Å². The van der Waals surface area contributed by atoms with Crippen molar-refractivity contribution in [2.45, 2.75) is 45.8 Å². The lowest BCUT2D eigenvalue weighted by Gasteiger charge is -2.37. The molecule has 0 spiro atoms. The molecule has 0 aromatic heterocycles. The van der Waals surface area contributed by atoms with Crippen LogP contribution in [-0.4, -0.2) is 19.3 Å². The second kappa shape index (κ2) is 2.48. The summed E-state index contributed by atoms with van der Waals surface area (Å²) in [7, 11) is 1.80. The third kappa shape index (κ3) is 0.861. The van der Waals surface area contributed by atoms with Crippen molar-refractivity contribution in [3.05, 3.63) is 0 Å². The largest absolute Gasteiger partial charge is 0.380 e. The van der Waals surface area contributed by atoms with E-state index in [4.69, 9.17) is 10.5 Å². The first-order chi connectivity index (χ1) is 5.95. The molecule has 2 fully saturated rings. The predicted molar refractivity (Wildman–Crippen MR) is 53.4 cm³/mol. The van der Waals surface area contributed by atoms with E-state index in [1.807, 2.05) is 0 Å². The highest BCUT2D eigenvalue weighted by Gasteiger charge is 2.65. The van der Waals surface area contributed by atoms with E-state index in [2.05, 4.69) is 20.8 Å². The summed E-state index contributed by atoms with van der Waals surface area (Å²) in [6.07, 6.45) is 2.84. The van der Waals surface area contributed by atoms with Crippen LogP contribution in [0.2, 0.25) is 0 Å². The van der Waals surface area contributed by atoms with Crippen LogP contribution in [0.4, 0.5) is 0 Å². The number of nitrogens with two attached hydrogens (primary N) is 1. The SMILES string of the molecule is COC1C2CCC(C)(C1N)C2(C)C. The molecule has 4 atom stereocenters. The summed E-state index contributed by atoms with van der Waals surface area (Å²) in [5.41, 5.74) is 6.90. The van der Waals surface area contributed by atoms with Crippen molar-refractivity contribution >= 4 is 0 Å². The summed E-state index contributed by atoms with van der Waals surface area (Å²) in [5, 5.41) is 0. The molecular formula is C11H21NO. The molecule has 0 aromatic rings. The van der Waals surface area contributed by atoms with Crippen LogP contribution in [0.25, 0.3) is 0 Å². The van der Waals surface area contributed by atoms with Crippen molar-refractivity contribution in [2.24, 2.45) is 22.5 Å². The Hall–Kier alpha value is -0.0800. The number of hydrogen-bond acceptors (Lipinski definition) is 2. The monoisotopic (exact) mass is 183 g/mol. The van der Waals surface area contributed by atoms with Gasteiger partial charge in [0.05, 0.1) is 6.10 Å². The lowest BCUT2D eigenvalue weighted by Crippen LogP contribution is -2.47. The van der Waals surface area contributed by atoms with Crippen LogP contribution in [0.5, 0.6) is 0 Å². The van der Waals surface area contributed by atoms with Crippen molar-refractivity contribution < 1.29 is 4.74 Å². The normalized spacial score (nSPS) is 52.8. The van der Waals surface area contributed by atoms with Crippen molar-refractivity contribution in [1.82, 2.24) is 0 Å². The van der Waals surface area contributed by atoms with E-state index in [1.165, 1.54) is 12.8 Å². The van der Waals surface area contributed by atoms with Crippen LogP contribution < -0.4 is 5.73 Å². The van der Waals surface area contributed by atoms with Gasteiger partial charge in [0.1, 0.15) is 0 Å². The van der Waals surface area contributed by atoms with Crippen molar-refractivity contribution in [3.8, 4) is 0 Å². The molecule has 2 nitrogen and oxygen atoms in total. The highest BCUT2D eigenvalue weighted by atomic mass is 16.5. The number of methoxy groups -OCH3 is 1. The molecule has 0 saturated heterocycles. The summed E-state index contributed by atoms with van der Waals surface area (Å²) in [6, 6.07) is 0.228. The van der Waals surface area contributed by atoms with E-state index in [0.717, 1.165) is 0 Å². The molecule has 0 heterocycles. The van der Waals surface area contributed by atoms with Gasteiger partial charge in [-0.25, -0.2) is 0 Å². The second-order valence-electron chi connectivity index (χ2n) is 5.51. The van der Waals surface area contributed by atoms with Gasteiger partial charge in [-0.3, -0.25) is 0 Å². The van der Waals surface area contributed by atoms with E-state index >= 15 is 0 Å². The van der Waals surface area contributed by atoms with Crippen LogP contribution in [0, 0.1) is 16.7 Å². The minimum Gasteiger partial charge on any atom is -0.380 e. The molecule has 2 bridgehead atoms. The van der Waals surface area contributed by atoms with Crippen molar-refractivity contribution in [2.75, 3.05) is 7.11 Å². The molecule has 2 heteroatoms. The van der Waals surface area contributed by atoms with E-state index in [1.54, 1.807) is 7.11 Å². The van der Waals surface area contributed by atoms with Gasteiger partial charge in [-0.15, -0.1) is 0 Å². The van der Waals surface area contributed by atoms with Crippen LogP contribution in [0.3, 0.4) is 0 Å². The molecule has 2 aliphatic rings. The van der Waals surface area contributed by atoms with Crippen molar-refractivity contribution in [1.29, 1.82) is 0 Å². The van der Waals surface area contributed by atoms with Crippen LogP contribution >= 0.6 is 0 Å². The molecule has 2 rings (SSSR count). The molecule has 2 saturated carbocycles. The Labute approximate surface area is 80.8 Å². The Balaban J connectivity index is 2.39. The van der Waals surface area contributed by atoms with E-state index < -0.39 is 0 Å². The molecule has 0 radical (unpaired) electrons. The Bertz CT molecular complexity index is 226. The topological polar surface area (TPSA) is 35.2 Å². The van der Waals surface area contributed by atoms with Gasteiger partial charge < -0.3 is 10.5 Å². The van der Waals surface area contributed by atoms with Crippen LogP contribution in [-0.2, 0) is 4.74 Å². The Morgan fingerprint density at radius 3 is 2.23 bits per heavy atom. The summed E-state index contributed by atoms with van der Waals surface area (Å²) >= 11 is 0. The first kappa shape index (κ1) is 9.47. The third-order valence-electron chi connectivity index (χ3n) is 5.13. The van der Waals surface area contributed by atoms with Gasteiger partial charge in [0, 0.05) is 13.2 Å². The van der Waals surface area contributed by atoms with E-state index in [0.29, 0.717) is 16.7 Å². The predicted octanol–water partition coefficient (Wildman–Crippen LogP) is 1.78. The molecule has 2 aliphatic carbocycles. The molecule has 0 aliphatic heterocycles. The van der Waals surface area contributed by atoms with Gasteiger partial charge in [0.15, 0.2) is 0 Å². The molecular weight excluding hydrogens is 162 g/mol. The standard InChI is InChI=1S/C11H21NO/c1-10(2)7-5-6-11(10,3)9(12)8(7)13-4/h7-9H,5-6,12H2,1-4H3. The summed E-state index contributed by atoms with van der Waals surface area (Å²) in [4.78, 5) is 0. The maximum atomic E-state index is 6.26. The Kier molecular flexibility index (Phi) is 1.81. The third-order valence-corrected chi connectivity index (χ3v) is 5.13. The highest BCUT2D eigenvalue weighted by Crippen LogP contribution is 2.65. The summed E-state index contributed by atoms with van der Waals surface area (Å²) < 4.78 is 5.53. The van der Waals surface area contributed by atoms with E-state index in [9.17, 15) is 0 Å². The summed E-state index contributed by atoms with van der Waals surface area (Å²) in [6.45, 7) is 7.03. The zero-order chi connectivity index (χ0) is 9.85. The fourth-order valence-corrected chi connectivity index (χ4v) is 3.66. The smallest absolute Gasteiger partial charge is 0.0761 e.